The number of hydrogen-bond acceptors (Lipinski definition) is 2. The molecule has 0 amide bonds. The van der Waals surface area contributed by atoms with E-state index in [4.69, 9.17) is 4.74 Å². The van der Waals surface area contributed by atoms with Crippen molar-refractivity contribution in [1.82, 2.24) is 5.32 Å². The Bertz CT molecular complexity index is 72.7. The topological polar surface area (TPSA) is 21.3 Å². The highest BCUT2D eigenvalue weighted by atomic mass is 35.5. The maximum absolute atomic E-state index is 5.11. The average molecular weight is 152 g/mol. The minimum absolute atomic E-state index is 0. The Labute approximate surface area is 62.4 Å². The summed E-state index contributed by atoms with van der Waals surface area (Å²) in [7, 11) is 1.77. The lowest BCUT2D eigenvalue weighted by molar-refractivity contribution is 0.0445. The van der Waals surface area contributed by atoms with Crippen LogP contribution in [0.2, 0.25) is 0 Å². The van der Waals surface area contributed by atoms with Gasteiger partial charge in [0.25, 0.3) is 0 Å². The Balaban J connectivity index is 0.000000640. The average Bonchev–Trinajstić information content (AvgIpc) is 1.62. The fourth-order valence-corrected chi connectivity index (χ4v) is 0.835. The van der Waals surface area contributed by atoms with Gasteiger partial charge in [0.2, 0.25) is 0 Å². The monoisotopic (exact) mass is 151 g/mol. The van der Waals surface area contributed by atoms with Gasteiger partial charge in [0, 0.05) is 26.1 Å². The molecule has 1 aliphatic heterocycles. The fraction of sp³-hybridized carbons (Fsp3) is 1.00. The van der Waals surface area contributed by atoms with Crippen molar-refractivity contribution in [2.24, 2.45) is 5.92 Å². The minimum Gasteiger partial charge on any atom is -0.381 e. The van der Waals surface area contributed by atoms with E-state index in [0.717, 1.165) is 19.0 Å². The number of hydrogen-bond donors (Lipinski definition) is 1. The maximum atomic E-state index is 5.11. The summed E-state index contributed by atoms with van der Waals surface area (Å²) in [4.78, 5) is 0. The van der Waals surface area contributed by atoms with Gasteiger partial charge in [0.05, 0.1) is 6.10 Å². The van der Waals surface area contributed by atoms with E-state index in [-0.39, 0.29) is 12.4 Å². The van der Waals surface area contributed by atoms with Crippen LogP contribution in [0.15, 0.2) is 0 Å². The molecule has 56 valence electrons. The molecule has 3 heteroatoms. The Morgan fingerprint density at radius 2 is 2.11 bits per heavy atom. The van der Waals surface area contributed by atoms with Crippen LogP contribution in [0.5, 0.6) is 0 Å². The summed E-state index contributed by atoms with van der Waals surface area (Å²) < 4.78 is 5.11. The molecule has 0 bridgehead atoms. The molecule has 0 aromatic carbocycles. The van der Waals surface area contributed by atoms with Gasteiger partial charge in [-0.3, -0.25) is 0 Å². The van der Waals surface area contributed by atoms with E-state index in [1.165, 1.54) is 0 Å². The second kappa shape index (κ2) is 4.09. The molecule has 1 unspecified atom stereocenters. The first-order valence-electron chi connectivity index (χ1n) is 3.08. The van der Waals surface area contributed by atoms with E-state index in [2.05, 4.69) is 12.2 Å². The predicted octanol–water partition coefficient (Wildman–Crippen LogP) is 0.662. The highest BCUT2D eigenvalue weighted by Crippen LogP contribution is 2.10. The molecule has 1 saturated heterocycles. The molecule has 1 atom stereocenters. The first kappa shape index (κ1) is 9.21. The van der Waals surface area contributed by atoms with Crippen LogP contribution in [-0.4, -0.2) is 26.3 Å². The summed E-state index contributed by atoms with van der Waals surface area (Å²) in [5, 5.41) is 3.20. The number of methoxy groups -OCH3 is 1. The van der Waals surface area contributed by atoms with Gasteiger partial charge in [-0.05, 0) is 6.92 Å². The first-order chi connectivity index (χ1) is 3.84. The van der Waals surface area contributed by atoms with Gasteiger partial charge in [-0.25, -0.2) is 0 Å². The highest BCUT2D eigenvalue weighted by molar-refractivity contribution is 5.85. The van der Waals surface area contributed by atoms with Crippen LogP contribution in [0.1, 0.15) is 6.92 Å². The van der Waals surface area contributed by atoms with Crippen molar-refractivity contribution in [3.05, 3.63) is 0 Å². The summed E-state index contributed by atoms with van der Waals surface area (Å²) in [5.74, 6) is 0.764. The van der Waals surface area contributed by atoms with Crippen LogP contribution in [0.3, 0.4) is 0 Å². The summed E-state index contributed by atoms with van der Waals surface area (Å²) in [6.45, 7) is 4.38. The minimum atomic E-state index is 0. The summed E-state index contributed by atoms with van der Waals surface area (Å²) >= 11 is 0. The molecule has 2 nitrogen and oxygen atoms in total. The lowest BCUT2D eigenvalue weighted by Gasteiger charge is -2.31. The van der Waals surface area contributed by atoms with Gasteiger partial charge in [0.1, 0.15) is 0 Å². The molecule has 0 aromatic heterocycles. The van der Waals surface area contributed by atoms with Crippen LogP contribution in [0.4, 0.5) is 0 Å². The van der Waals surface area contributed by atoms with Gasteiger partial charge in [-0.15, -0.1) is 12.4 Å². The fourth-order valence-electron chi connectivity index (χ4n) is 0.835. The predicted molar refractivity (Wildman–Crippen MR) is 40.1 cm³/mol. The van der Waals surface area contributed by atoms with Crippen LogP contribution in [0, 0.1) is 5.92 Å². The highest BCUT2D eigenvalue weighted by Gasteiger charge is 2.22. The smallest absolute Gasteiger partial charge is 0.0595 e. The van der Waals surface area contributed by atoms with E-state index >= 15 is 0 Å². The van der Waals surface area contributed by atoms with Crippen molar-refractivity contribution >= 4 is 12.4 Å². The van der Waals surface area contributed by atoms with Crippen molar-refractivity contribution in [3.8, 4) is 0 Å². The first-order valence-corrected chi connectivity index (χ1v) is 3.08. The zero-order chi connectivity index (χ0) is 5.98. The number of rotatable bonds is 2. The zero-order valence-electron chi connectivity index (χ0n) is 5.89. The van der Waals surface area contributed by atoms with E-state index < -0.39 is 0 Å². The Kier molecular flexibility index (Phi) is 4.19. The van der Waals surface area contributed by atoms with Crippen molar-refractivity contribution < 1.29 is 4.74 Å². The van der Waals surface area contributed by atoms with Crippen LogP contribution in [-0.2, 0) is 4.74 Å². The third-order valence-corrected chi connectivity index (χ3v) is 1.85. The molecule has 0 aliphatic carbocycles. The normalized spacial score (nSPS) is 22.0. The molecule has 0 saturated carbocycles. The molecule has 1 fully saturated rings. The van der Waals surface area contributed by atoms with Crippen molar-refractivity contribution in [1.29, 1.82) is 0 Å². The Hall–Kier alpha value is 0.210. The maximum Gasteiger partial charge on any atom is 0.0595 e. The molecule has 1 N–H and O–H groups in total. The lowest BCUT2D eigenvalue weighted by atomic mass is 9.98. The van der Waals surface area contributed by atoms with E-state index in [0.29, 0.717) is 6.10 Å². The standard InChI is InChI=1S/C6H13NO.ClH/c1-5(8-2)6-3-7-4-6;/h5-7H,3-4H2,1-2H3;1H. The summed E-state index contributed by atoms with van der Waals surface area (Å²) in [6.07, 6.45) is 0.441. The SMILES string of the molecule is COC(C)C1CNC1.Cl. The Morgan fingerprint density at radius 3 is 2.22 bits per heavy atom. The lowest BCUT2D eigenvalue weighted by Crippen LogP contribution is -2.48. The molecule has 0 radical (unpaired) electrons. The van der Waals surface area contributed by atoms with Crippen LogP contribution < -0.4 is 5.32 Å². The molecule has 1 heterocycles. The number of halogens is 1. The second-order valence-electron chi connectivity index (χ2n) is 2.36. The second-order valence-corrected chi connectivity index (χ2v) is 2.36. The Morgan fingerprint density at radius 1 is 1.56 bits per heavy atom. The van der Waals surface area contributed by atoms with E-state index in [1.807, 2.05) is 0 Å². The molecule has 1 aliphatic rings. The molecular weight excluding hydrogens is 138 g/mol. The van der Waals surface area contributed by atoms with Crippen LogP contribution >= 0.6 is 12.4 Å². The largest absolute Gasteiger partial charge is 0.381 e. The number of nitrogens with one attached hydrogen (secondary N) is 1. The van der Waals surface area contributed by atoms with Crippen molar-refractivity contribution in [3.63, 3.8) is 0 Å². The third kappa shape index (κ3) is 2.12. The summed E-state index contributed by atoms with van der Waals surface area (Å²) in [6, 6.07) is 0. The van der Waals surface area contributed by atoms with Crippen molar-refractivity contribution in [2.75, 3.05) is 20.2 Å². The van der Waals surface area contributed by atoms with Gasteiger partial charge in [-0.2, -0.15) is 0 Å². The molecule has 9 heavy (non-hydrogen) atoms. The third-order valence-electron chi connectivity index (χ3n) is 1.85. The van der Waals surface area contributed by atoms with Crippen LogP contribution in [0.25, 0.3) is 0 Å². The van der Waals surface area contributed by atoms with E-state index in [9.17, 15) is 0 Å². The number of ether oxygens (including phenoxy) is 1. The molecule has 0 aromatic rings. The molecule has 0 spiro atoms. The van der Waals surface area contributed by atoms with E-state index in [1.54, 1.807) is 7.11 Å². The van der Waals surface area contributed by atoms with Gasteiger partial charge in [0.15, 0.2) is 0 Å². The van der Waals surface area contributed by atoms with Gasteiger partial charge < -0.3 is 10.1 Å². The zero-order valence-corrected chi connectivity index (χ0v) is 6.70. The molecule has 1 rings (SSSR count). The van der Waals surface area contributed by atoms with Gasteiger partial charge >= 0.3 is 0 Å². The molecular formula is C6H14ClNO. The van der Waals surface area contributed by atoms with Crippen molar-refractivity contribution in [2.45, 2.75) is 13.0 Å². The quantitative estimate of drug-likeness (QED) is 0.626. The summed E-state index contributed by atoms with van der Waals surface area (Å²) in [5.41, 5.74) is 0. The van der Waals surface area contributed by atoms with Gasteiger partial charge in [-0.1, -0.05) is 0 Å².